The summed E-state index contributed by atoms with van der Waals surface area (Å²) >= 11 is 0. The highest BCUT2D eigenvalue weighted by Gasteiger charge is 2.22. The lowest BCUT2D eigenvalue weighted by Crippen LogP contribution is -2.35. The van der Waals surface area contributed by atoms with Crippen LogP contribution in [0.25, 0.3) is 22.0 Å². The largest absolute Gasteiger partial charge is 0.358 e. The maximum atomic E-state index is 3.64. The molecule has 0 amide bonds. The van der Waals surface area contributed by atoms with Gasteiger partial charge in [-0.15, -0.1) is 0 Å². The molecular formula is C23H30N2. The van der Waals surface area contributed by atoms with E-state index in [2.05, 4.69) is 73.1 Å². The molecule has 0 bridgehead atoms. The van der Waals surface area contributed by atoms with E-state index >= 15 is 0 Å². The van der Waals surface area contributed by atoms with Crippen LogP contribution in [0.1, 0.15) is 44.5 Å². The fourth-order valence-electron chi connectivity index (χ4n) is 3.68. The third kappa shape index (κ3) is 3.50. The summed E-state index contributed by atoms with van der Waals surface area (Å²) in [6.07, 6.45) is 1.13. The normalized spacial score (nSPS) is 14.3. The Bertz CT molecular complexity index is 858. The van der Waals surface area contributed by atoms with E-state index in [-0.39, 0.29) is 0 Å². The summed E-state index contributed by atoms with van der Waals surface area (Å²) in [6.45, 7) is 12.9. The van der Waals surface area contributed by atoms with E-state index in [4.69, 9.17) is 0 Å². The topological polar surface area (TPSA) is 19.0 Å². The summed E-state index contributed by atoms with van der Waals surface area (Å²) in [7, 11) is 0. The van der Waals surface area contributed by atoms with Crippen molar-refractivity contribution in [1.29, 1.82) is 0 Å². The Morgan fingerprint density at radius 1 is 1.00 bits per heavy atom. The molecule has 132 valence electrons. The number of fused-ring (bicyclic) bond motifs is 3. The van der Waals surface area contributed by atoms with E-state index in [1.165, 1.54) is 38.9 Å². The first-order valence-corrected chi connectivity index (χ1v) is 9.56. The number of H-pyrrole nitrogens is 1. The lowest BCUT2D eigenvalue weighted by molar-refractivity contribution is 0.203. The molecule has 2 heteroatoms. The van der Waals surface area contributed by atoms with Crippen LogP contribution in [0, 0.1) is 6.92 Å². The van der Waals surface area contributed by atoms with Crippen LogP contribution in [0.2, 0.25) is 0 Å². The zero-order valence-corrected chi connectivity index (χ0v) is 16.2. The monoisotopic (exact) mass is 334 g/mol. The summed E-state index contributed by atoms with van der Waals surface area (Å²) in [5, 5.41) is 1.39. The fraction of sp³-hybridized carbons (Fsp3) is 0.391. The predicted octanol–water partition coefficient (Wildman–Crippen LogP) is 5.94. The number of nitrogens with one attached hydrogen (secondary N) is 1. The van der Waals surface area contributed by atoms with Gasteiger partial charge in [-0.3, -0.25) is 4.90 Å². The van der Waals surface area contributed by atoms with Crippen LogP contribution in [-0.4, -0.2) is 22.5 Å². The lowest BCUT2D eigenvalue weighted by atomic mass is 9.98. The van der Waals surface area contributed by atoms with Crippen molar-refractivity contribution in [3.05, 3.63) is 59.3 Å². The minimum Gasteiger partial charge on any atom is -0.358 e. The van der Waals surface area contributed by atoms with Crippen molar-refractivity contribution < 1.29 is 0 Å². The maximum Gasteiger partial charge on any atom is 0.0459 e. The number of hydrogen-bond donors (Lipinski definition) is 1. The number of hydrogen-bond acceptors (Lipinski definition) is 1. The molecule has 1 N–H and O–H groups in total. The molecule has 0 unspecified atom stereocenters. The number of aryl methyl sites for hydroxylation is 1. The molecule has 25 heavy (non-hydrogen) atoms. The molecule has 0 saturated heterocycles. The number of benzene rings is 2. The highest BCUT2D eigenvalue weighted by atomic mass is 15.2. The van der Waals surface area contributed by atoms with Gasteiger partial charge >= 0.3 is 0 Å². The molecule has 2 heterocycles. The van der Waals surface area contributed by atoms with Crippen molar-refractivity contribution >= 4 is 10.9 Å². The second-order valence-corrected chi connectivity index (χ2v) is 7.03. The van der Waals surface area contributed by atoms with Crippen LogP contribution >= 0.6 is 0 Å². The number of aromatic amines is 1. The van der Waals surface area contributed by atoms with Gasteiger partial charge in [0, 0.05) is 42.1 Å². The van der Waals surface area contributed by atoms with Crippen molar-refractivity contribution in [3.8, 4) is 11.1 Å². The zero-order chi connectivity index (χ0) is 18.0. The Balaban J connectivity index is 0.000000880. The summed E-state index contributed by atoms with van der Waals surface area (Å²) in [5.74, 6) is 0. The average Bonchev–Trinajstić information content (AvgIpc) is 3.00. The molecule has 0 spiro atoms. The Kier molecular flexibility index (Phi) is 5.29. The van der Waals surface area contributed by atoms with Crippen molar-refractivity contribution in [2.75, 3.05) is 6.54 Å². The Morgan fingerprint density at radius 2 is 1.76 bits per heavy atom. The Hall–Kier alpha value is -2.06. The SMILES string of the molecule is CC.Cc1cccc(-c2ccc3[nH]c4c(c3c2)CN(C(C)C)CC4)c1. The summed E-state index contributed by atoms with van der Waals surface area (Å²) in [5.41, 5.74) is 8.12. The minimum atomic E-state index is 0.605. The van der Waals surface area contributed by atoms with Crippen LogP contribution in [0.15, 0.2) is 42.5 Å². The maximum absolute atomic E-state index is 3.64. The highest BCUT2D eigenvalue weighted by Crippen LogP contribution is 2.32. The molecule has 1 aliphatic rings. The first-order chi connectivity index (χ1) is 12.1. The number of rotatable bonds is 2. The van der Waals surface area contributed by atoms with Gasteiger partial charge in [-0.05, 0) is 49.6 Å². The smallest absolute Gasteiger partial charge is 0.0459 e. The van der Waals surface area contributed by atoms with Crippen LogP contribution in [-0.2, 0) is 13.0 Å². The summed E-state index contributed by atoms with van der Waals surface area (Å²) in [4.78, 5) is 6.20. The van der Waals surface area contributed by atoms with Gasteiger partial charge in [-0.2, -0.15) is 0 Å². The van der Waals surface area contributed by atoms with Crippen molar-refractivity contribution in [3.63, 3.8) is 0 Å². The first kappa shape index (κ1) is 17.8. The second kappa shape index (κ2) is 7.45. The molecule has 3 aromatic rings. The fourth-order valence-corrected chi connectivity index (χ4v) is 3.68. The van der Waals surface area contributed by atoms with Crippen molar-refractivity contribution in [2.24, 2.45) is 0 Å². The quantitative estimate of drug-likeness (QED) is 0.615. The van der Waals surface area contributed by atoms with E-state index in [1.807, 2.05) is 13.8 Å². The van der Waals surface area contributed by atoms with Crippen LogP contribution in [0.4, 0.5) is 0 Å². The molecule has 0 radical (unpaired) electrons. The molecule has 4 rings (SSSR count). The minimum absolute atomic E-state index is 0.605. The molecule has 1 aliphatic heterocycles. The van der Waals surface area contributed by atoms with E-state index in [0.29, 0.717) is 6.04 Å². The molecule has 0 aliphatic carbocycles. The van der Waals surface area contributed by atoms with Gasteiger partial charge in [0.2, 0.25) is 0 Å². The van der Waals surface area contributed by atoms with Crippen LogP contribution in [0.3, 0.4) is 0 Å². The third-order valence-electron chi connectivity index (χ3n) is 5.09. The van der Waals surface area contributed by atoms with Gasteiger partial charge in [0.25, 0.3) is 0 Å². The summed E-state index contributed by atoms with van der Waals surface area (Å²) in [6, 6.07) is 16.2. The van der Waals surface area contributed by atoms with Gasteiger partial charge < -0.3 is 4.98 Å². The van der Waals surface area contributed by atoms with Crippen LogP contribution in [0.5, 0.6) is 0 Å². The Morgan fingerprint density at radius 3 is 2.48 bits per heavy atom. The number of aromatic nitrogens is 1. The molecular weight excluding hydrogens is 304 g/mol. The van der Waals surface area contributed by atoms with E-state index in [9.17, 15) is 0 Å². The predicted molar refractivity (Wildman–Crippen MR) is 109 cm³/mol. The van der Waals surface area contributed by atoms with Gasteiger partial charge in [0.15, 0.2) is 0 Å². The lowest BCUT2D eigenvalue weighted by Gasteiger charge is -2.30. The van der Waals surface area contributed by atoms with E-state index in [1.54, 1.807) is 0 Å². The zero-order valence-electron chi connectivity index (χ0n) is 16.2. The molecule has 0 fully saturated rings. The van der Waals surface area contributed by atoms with Gasteiger partial charge in [-0.1, -0.05) is 49.7 Å². The average molecular weight is 335 g/mol. The Labute approximate surface area is 151 Å². The van der Waals surface area contributed by atoms with Gasteiger partial charge in [0.05, 0.1) is 0 Å². The van der Waals surface area contributed by atoms with Crippen molar-refractivity contribution in [2.45, 2.75) is 53.6 Å². The second-order valence-electron chi connectivity index (χ2n) is 7.03. The molecule has 0 saturated carbocycles. The van der Waals surface area contributed by atoms with E-state index in [0.717, 1.165) is 19.5 Å². The van der Waals surface area contributed by atoms with Gasteiger partial charge in [-0.25, -0.2) is 0 Å². The van der Waals surface area contributed by atoms with E-state index < -0.39 is 0 Å². The molecule has 2 aromatic carbocycles. The van der Waals surface area contributed by atoms with Crippen molar-refractivity contribution in [1.82, 2.24) is 9.88 Å². The number of nitrogens with zero attached hydrogens (tertiary/aromatic N) is 1. The summed E-state index contributed by atoms with van der Waals surface area (Å²) < 4.78 is 0. The third-order valence-corrected chi connectivity index (χ3v) is 5.09. The van der Waals surface area contributed by atoms with Crippen LogP contribution < -0.4 is 0 Å². The molecule has 0 atom stereocenters. The van der Waals surface area contributed by atoms with Gasteiger partial charge in [0.1, 0.15) is 0 Å². The standard InChI is InChI=1S/C21H24N2.C2H6/c1-14(2)23-10-9-21-19(13-23)18-12-17(7-8-20(18)22-21)16-6-4-5-15(3)11-16;1-2/h4-8,11-12,14,22H,9-10,13H2,1-3H3;1-2H3. The first-order valence-electron chi connectivity index (χ1n) is 9.56. The molecule has 2 nitrogen and oxygen atoms in total. The molecule has 1 aromatic heterocycles. The highest BCUT2D eigenvalue weighted by molar-refractivity contribution is 5.89.